The number of aliphatic hydroxyl groups is 1. The Morgan fingerprint density at radius 2 is 1.46 bits per heavy atom. The van der Waals surface area contributed by atoms with Crippen LogP contribution in [-0.2, 0) is 29.2 Å². The van der Waals surface area contributed by atoms with Gasteiger partial charge in [-0.25, -0.2) is 9.78 Å². The molecule has 3 unspecified atom stereocenters. The monoisotopic (exact) mass is 631 g/mol. The summed E-state index contributed by atoms with van der Waals surface area (Å²) in [5, 5.41) is 16.3. The molecule has 1 saturated heterocycles. The lowest BCUT2D eigenvalue weighted by Crippen LogP contribution is -2.34. The Hall–Kier alpha value is -4.47. The molecule has 46 heavy (non-hydrogen) atoms. The zero-order valence-corrected chi connectivity index (χ0v) is 26.2. The second-order valence-electron chi connectivity index (χ2n) is 11.2. The number of aliphatic hydroxyl groups excluding tert-OH is 1. The molecule has 0 saturated carbocycles. The Balaban J connectivity index is 1.11. The summed E-state index contributed by atoms with van der Waals surface area (Å²) in [5.41, 5.74) is 7.07. The molecule has 3 atom stereocenters. The number of carbonyl (C=O) groups is 1. The molecule has 2 amide bonds. The summed E-state index contributed by atoms with van der Waals surface area (Å²) >= 11 is 1.68. The number of benzene rings is 4. The van der Waals surface area contributed by atoms with Crippen molar-refractivity contribution >= 4 is 17.8 Å². The van der Waals surface area contributed by atoms with E-state index in [0.717, 1.165) is 56.1 Å². The fourth-order valence-electron chi connectivity index (χ4n) is 5.35. The second kappa shape index (κ2) is 15.7. The average Bonchev–Trinajstić information content (AvgIpc) is 3.13. The summed E-state index contributed by atoms with van der Waals surface area (Å²) in [4.78, 5) is 16.8. The summed E-state index contributed by atoms with van der Waals surface area (Å²) in [5.74, 6) is 0.755. The van der Waals surface area contributed by atoms with Gasteiger partial charge in [0.25, 0.3) is 0 Å². The molecule has 6 rings (SSSR count). The third-order valence-corrected chi connectivity index (χ3v) is 8.94. The van der Waals surface area contributed by atoms with E-state index in [1.165, 1.54) is 0 Å². The van der Waals surface area contributed by atoms with Gasteiger partial charge in [-0.3, -0.25) is 0 Å². The molecule has 0 spiro atoms. The molecule has 0 aliphatic carbocycles. The fraction of sp³-hybridized carbons (Fsp3) is 0.211. The third-order valence-electron chi connectivity index (χ3n) is 7.86. The molecule has 2 heterocycles. The van der Waals surface area contributed by atoms with Crippen LogP contribution in [0.5, 0.6) is 0 Å². The van der Waals surface area contributed by atoms with Crippen molar-refractivity contribution in [3.8, 4) is 11.1 Å². The molecule has 1 fully saturated rings. The lowest BCUT2D eigenvalue weighted by Gasteiger charge is -2.36. The van der Waals surface area contributed by atoms with E-state index in [0.29, 0.717) is 13.1 Å². The Morgan fingerprint density at radius 3 is 2.20 bits per heavy atom. The number of pyridine rings is 1. The van der Waals surface area contributed by atoms with Crippen molar-refractivity contribution in [2.75, 3.05) is 5.75 Å². The number of amides is 2. The number of hydrogen-bond acceptors (Lipinski definition) is 6. The number of urea groups is 1. The Kier molecular flexibility index (Phi) is 10.7. The van der Waals surface area contributed by atoms with Crippen LogP contribution in [0.2, 0.25) is 0 Å². The standard InChI is InChI=1S/C38H37N3O4S/c42-25-28-12-14-31(15-13-28)35-22-34(26-46-36-11-4-5-20-39-36)44-37(45-35)32-18-16-30(17-19-32)33-10-6-9-29(21-33)24-41-38(43)40-23-27-7-2-1-3-8-27/h1-21,34-35,37,42H,22-26H2,(H2,40,41,43). The largest absolute Gasteiger partial charge is 0.392 e. The normalized spacial score (nSPS) is 17.7. The molecule has 3 N–H and O–H groups in total. The van der Waals surface area contributed by atoms with Gasteiger partial charge in [-0.05, 0) is 51.6 Å². The minimum absolute atomic E-state index is 0.0107. The number of nitrogens with one attached hydrogen (secondary N) is 2. The zero-order chi connectivity index (χ0) is 31.6. The van der Waals surface area contributed by atoms with Crippen molar-refractivity contribution in [1.29, 1.82) is 0 Å². The van der Waals surface area contributed by atoms with E-state index in [1.54, 1.807) is 18.0 Å². The predicted octanol–water partition coefficient (Wildman–Crippen LogP) is 7.58. The van der Waals surface area contributed by atoms with Gasteiger partial charge in [0.2, 0.25) is 0 Å². The Bertz CT molecular complexity index is 1690. The molecule has 0 bridgehead atoms. The van der Waals surface area contributed by atoms with Crippen LogP contribution >= 0.6 is 11.8 Å². The fourth-order valence-corrected chi connectivity index (χ4v) is 6.23. The van der Waals surface area contributed by atoms with Crippen LogP contribution in [0.3, 0.4) is 0 Å². The molecule has 5 aromatic rings. The van der Waals surface area contributed by atoms with E-state index in [2.05, 4.69) is 52.0 Å². The Labute approximate surface area is 274 Å². The number of aromatic nitrogens is 1. The highest BCUT2D eigenvalue weighted by atomic mass is 32.2. The van der Waals surface area contributed by atoms with Gasteiger partial charge in [-0.1, -0.05) is 103 Å². The predicted molar refractivity (Wildman–Crippen MR) is 181 cm³/mol. The number of ether oxygens (including phenoxy) is 2. The first kappa shape index (κ1) is 31.5. The van der Waals surface area contributed by atoms with Crippen LogP contribution in [0.25, 0.3) is 11.1 Å². The average molecular weight is 632 g/mol. The molecule has 4 aromatic carbocycles. The lowest BCUT2D eigenvalue weighted by atomic mass is 9.99. The van der Waals surface area contributed by atoms with E-state index in [1.807, 2.05) is 84.9 Å². The summed E-state index contributed by atoms with van der Waals surface area (Å²) in [6.07, 6.45) is 1.82. The van der Waals surface area contributed by atoms with Crippen molar-refractivity contribution in [2.45, 2.75) is 49.6 Å². The van der Waals surface area contributed by atoms with Gasteiger partial charge in [0, 0.05) is 37.0 Å². The number of thioether (sulfide) groups is 1. The first-order chi connectivity index (χ1) is 22.6. The van der Waals surface area contributed by atoms with Crippen LogP contribution in [-0.4, -0.2) is 28.0 Å². The van der Waals surface area contributed by atoms with Gasteiger partial charge in [0.1, 0.15) is 0 Å². The van der Waals surface area contributed by atoms with Crippen LogP contribution in [0.4, 0.5) is 4.79 Å². The highest BCUT2D eigenvalue weighted by molar-refractivity contribution is 7.99. The van der Waals surface area contributed by atoms with Crippen LogP contribution in [0.1, 0.15) is 46.6 Å². The van der Waals surface area contributed by atoms with E-state index >= 15 is 0 Å². The SMILES string of the molecule is O=C(NCc1ccccc1)NCc1cccc(-c2ccc(C3OC(CSc4ccccn4)CC(c4ccc(CO)cc4)O3)cc2)c1. The van der Waals surface area contributed by atoms with Crippen molar-refractivity contribution in [3.05, 3.63) is 155 Å². The van der Waals surface area contributed by atoms with Gasteiger partial charge in [0.15, 0.2) is 6.29 Å². The molecule has 1 aromatic heterocycles. The first-order valence-corrected chi connectivity index (χ1v) is 16.4. The van der Waals surface area contributed by atoms with Gasteiger partial charge in [0.05, 0.1) is 23.8 Å². The molecular weight excluding hydrogens is 595 g/mol. The summed E-state index contributed by atoms with van der Waals surface area (Å²) in [6, 6.07) is 40.0. The van der Waals surface area contributed by atoms with E-state index in [4.69, 9.17) is 9.47 Å². The van der Waals surface area contributed by atoms with E-state index in [-0.39, 0.29) is 24.8 Å². The first-order valence-electron chi connectivity index (χ1n) is 15.4. The van der Waals surface area contributed by atoms with Crippen molar-refractivity contribution in [3.63, 3.8) is 0 Å². The van der Waals surface area contributed by atoms with Gasteiger partial charge >= 0.3 is 6.03 Å². The zero-order valence-electron chi connectivity index (χ0n) is 25.4. The minimum Gasteiger partial charge on any atom is -0.392 e. The number of nitrogens with zero attached hydrogens (tertiary/aromatic N) is 1. The topological polar surface area (TPSA) is 92.7 Å². The quantitative estimate of drug-likeness (QED) is 0.130. The molecule has 1 aliphatic rings. The smallest absolute Gasteiger partial charge is 0.315 e. The highest BCUT2D eigenvalue weighted by Crippen LogP contribution is 2.39. The van der Waals surface area contributed by atoms with E-state index < -0.39 is 6.29 Å². The van der Waals surface area contributed by atoms with Crippen LogP contribution in [0, 0.1) is 0 Å². The molecule has 0 radical (unpaired) electrons. The third kappa shape index (κ3) is 8.62. The van der Waals surface area contributed by atoms with E-state index in [9.17, 15) is 9.90 Å². The maximum atomic E-state index is 12.4. The molecule has 1 aliphatic heterocycles. The van der Waals surface area contributed by atoms with Crippen LogP contribution in [0.15, 0.2) is 133 Å². The second-order valence-corrected chi connectivity index (χ2v) is 12.2. The molecule has 8 heteroatoms. The molecular formula is C38H37N3O4S. The van der Waals surface area contributed by atoms with Crippen molar-refractivity contribution in [1.82, 2.24) is 15.6 Å². The van der Waals surface area contributed by atoms with Gasteiger partial charge < -0.3 is 25.2 Å². The molecule has 7 nitrogen and oxygen atoms in total. The summed E-state index contributed by atoms with van der Waals surface area (Å²) in [7, 11) is 0. The number of hydrogen-bond donors (Lipinski definition) is 3. The lowest BCUT2D eigenvalue weighted by molar-refractivity contribution is -0.245. The van der Waals surface area contributed by atoms with Crippen LogP contribution < -0.4 is 10.6 Å². The molecule has 234 valence electrons. The summed E-state index contributed by atoms with van der Waals surface area (Å²) < 4.78 is 13.0. The highest BCUT2D eigenvalue weighted by Gasteiger charge is 2.32. The Morgan fingerprint density at radius 1 is 0.739 bits per heavy atom. The van der Waals surface area contributed by atoms with Crippen molar-refractivity contribution < 1.29 is 19.4 Å². The summed E-state index contributed by atoms with van der Waals surface area (Å²) in [6.45, 7) is 0.916. The number of carbonyl (C=O) groups excluding carboxylic acids is 1. The maximum Gasteiger partial charge on any atom is 0.315 e. The van der Waals surface area contributed by atoms with Gasteiger partial charge in [-0.15, -0.1) is 11.8 Å². The van der Waals surface area contributed by atoms with Crippen molar-refractivity contribution in [2.24, 2.45) is 0 Å². The van der Waals surface area contributed by atoms with Gasteiger partial charge in [-0.2, -0.15) is 0 Å². The maximum absolute atomic E-state index is 12.4. The number of rotatable bonds is 11. The minimum atomic E-state index is -0.524.